The normalized spacial score (nSPS) is 26.6. The molecule has 2 saturated carbocycles. The van der Waals surface area contributed by atoms with Gasteiger partial charge in [-0.2, -0.15) is 0 Å². The van der Waals surface area contributed by atoms with Crippen molar-refractivity contribution in [2.24, 2.45) is 17.8 Å². The zero-order valence-corrected chi connectivity index (χ0v) is 19.1. The molecule has 2 aliphatic carbocycles. The topological polar surface area (TPSA) is 0 Å². The van der Waals surface area contributed by atoms with Gasteiger partial charge >= 0.3 is 0 Å². The molecule has 0 spiro atoms. The molecule has 4 rings (SSSR count). The molecule has 0 unspecified atom stereocenters. The molecular weight excluding hydrogens is 379 g/mol. The van der Waals surface area contributed by atoms with Crippen LogP contribution in [-0.4, -0.2) is 0 Å². The van der Waals surface area contributed by atoms with Crippen molar-refractivity contribution < 1.29 is 4.39 Å². The molecule has 2 aromatic rings. The van der Waals surface area contributed by atoms with Crippen LogP contribution in [0.2, 0.25) is 0 Å². The molecule has 0 bridgehead atoms. The van der Waals surface area contributed by atoms with Crippen LogP contribution in [0, 0.1) is 23.6 Å². The standard InChI is InChI=1S/C30H39F/c1-3-5-6-26-17-18-28-21-27(19-20-29(28)30(26)31)25-15-13-24(14-16-25)12-11-23-9-7-22(4-2)8-10-23/h3-4,17-25H,1-2,5-16H2. The minimum atomic E-state index is -0.0447. The van der Waals surface area contributed by atoms with Gasteiger partial charge in [-0.3, -0.25) is 0 Å². The fourth-order valence-corrected chi connectivity index (χ4v) is 6.03. The van der Waals surface area contributed by atoms with E-state index in [-0.39, 0.29) is 5.82 Å². The highest BCUT2D eigenvalue weighted by Gasteiger charge is 2.25. The van der Waals surface area contributed by atoms with Crippen molar-refractivity contribution in [3.05, 3.63) is 72.6 Å². The zero-order chi connectivity index (χ0) is 21.6. The molecule has 2 fully saturated rings. The van der Waals surface area contributed by atoms with Crippen LogP contribution >= 0.6 is 0 Å². The summed E-state index contributed by atoms with van der Waals surface area (Å²) in [6.07, 6.45) is 19.3. The van der Waals surface area contributed by atoms with E-state index in [2.05, 4.69) is 37.4 Å². The zero-order valence-electron chi connectivity index (χ0n) is 19.1. The van der Waals surface area contributed by atoms with Crippen molar-refractivity contribution in [3.8, 4) is 0 Å². The Morgan fingerprint density at radius 3 is 2.16 bits per heavy atom. The molecule has 0 N–H and O–H groups in total. The van der Waals surface area contributed by atoms with Gasteiger partial charge in [0.25, 0.3) is 0 Å². The highest BCUT2D eigenvalue weighted by molar-refractivity contribution is 5.84. The van der Waals surface area contributed by atoms with Crippen LogP contribution in [-0.2, 0) is 6.42 Å². The molecule has 166 valence electrons. The van der Waals surface area contributed by atoms with Crippen LogP contribution in [0.3, 0.4) is 0 Å². The molecule has 0 saturated heterocycles. The average molecular weight is 419 g/mol. The fraction of sp³-hybridized carbons (Fsp3) is 0.533. The van der Waals surface area contributed by atoms with Crippen molar-refractivity contribution in [2.75, 3.05) is 0 Å². The SMILES string of the molecule is C=CCCc1ccc2cc(C3CCC(CCC4CCC(C=C)CC4)CC3)ccc2c1F. The summed E-state index contributed by atoms with van der Waals surface area (Å²) in [5.74, 6) is 3.25. The van der Waals surface area contributed by atoms with Gasteiger partial charge < -0.3 is 0 Å². The average Bonchev–Trinajstić information content (AvgIpc) is 2.83. The van der Waals surface area contributed by atoms with Crippen molar-refractivity contribution in [1.29, 1.82) is 0 Å². The van der Waals surface area contributed by atoms with Crippen molar-refractivity contribution in [1.82, 2.24) is 0 Å². The Balaban J connectivity index is 1.30. The molecule has 31 heavy (non-hydrogen) atoms. The van der Waals surface area contributed by atoms with Gasteiger partial charge in [0.05, 0.1) is 0 Å². The van der Waals surface area contributed by atoms with Gasteiger partial charge in [0.15, 0.2) is 0 Å². The lowest BCUT2D eigenvalue weighted by molar-refractivity contribution is 0.246. The van der Waals surface area contributed by atoms with E-state index < -0.39 is 0 Å². The first kappa shape index (κ1) is 22.3. The van der Waals surface area contributed by atoms with Gasteiger partial charge in [0.1, 0.15) is 5.82 Å². The van der Waals surface area contributed by atoms with E-state index in [1.807, 2.05) is 18.2 Å². The van der Waals surface area contributed by atoms with E-state index in [1.54, 1.807) is 0 Å². The van der Waals surface area contributed by atoms with Crippen LogP contribution in [0.25, 0.3) is 10.8 Å². The summed E-state index contributed by atoms with van der Waals surface area (Å²) in [6.45, 7) is 7.73. The summed E-state index contributed by atoms with van der Waals surface area (Å²) in [5.41, 5.74) is 2.21. The van der Waals surface area contributed by atoms with Crippen molar-refractivity contribution in [3.63, 3.8) is 0 Å². The fourth-order valence-electron chi connectivity index (χ4n) is 6.03. The second-order valence-electron chi connectivity index (χ2n) is 10.2. The van der Waals surface area contributed by atoms with Gasteiger partial charge in [0, 0.05) is 5.39 Å². The lowest BCUT2D eigenvalue weighted by atomic mass is 9.74. The Bertz CT molecular complexity index is 879. The van der Waals surface area contributed by atoms with E-state index in [1.165, 1.54) is 69.8 Å². The Kier molecular flexibility index (Phi) is 7.64. The number of allylic oxidation sites excluding steroid dienone is 2. The highest BCUT2D eigenvalue weighted by Crippen LogP contribution is 2.40. The summed E-state index contributed by atoms with van der Waals surface area (Å²) < 4.78 is 14.9. The maximum Gasteiger partial charge on any atom is 0.134 e. The molecule has 2 aromatic carbocycles. The third-order valence-corrected chi connectivity index (χ3v) is 8.20. The lowest BCUT2D eigenvalue weighted by Crippen LogP contribution is -2.17. The first-order valence-electron chi connectivity index (χ1n) is 12.6. The Morgan fingerprint density at radius 2 is 1.52 bits per heavy atom. The number of hydrogen-bond donors (Lipinski definition) is 0. The van der Waals surface area contributed by atoms with E-state index in [0.717, 1.165) is 46.9 Å². The summed E-state index contributed by atoms with van der Waals surface area (Å²) in [7, 11) is 0. The van der Waals surface area contributed by atoms with Crippen LogP contribution < -0.4 is 0 Å². The molecule has 0 atom stereocenters. The van der Waals surface area contributed by atoms with Gasteiger partial charge in [-0.05, 0) is 104 Å². The third-order valence-electron chi connectivity index (χ3n) is 8.20. The first-order chi connectivity index (χ1) is 15.2. The third kappa shape index (κ3) is 5.48. The number of halogens is 1. The molecule has 2 aliphatic rings. The van der Waals surface area contributed by atoms with E-state index in [9.17, 15) is 4.39 Å². The van der Waals surface area contributed by atoms with Crippen molar-refractivity contribution in [2.45, 2.75) is 83.0 Å². The molecule has 1 heteroatoms. The highest BCUT2D eigenvalue weighted by atomic mass is 19.1. The number of hydrogen-bond acceptors (Lipinski definition) is 0. The molecule has 0 aliphatic heterocycles. The summed E-state index contributed by atoms with van der Waals surface area (Å²) in [4.78, 5) is 0. The second-order valence-corrected chi connectivity index (χ2v) is 10.2. The predicted octanol–water partition coefficient (Wildman–Crippen LogP) is 9.14. The van der Waals surface area contributed by atoms with Crippen LogP contribution in [0.15, 0.2) is 55.6 Å². The maximum absolute atomic E-state index is 14.9. The van der Waals surface area contributed by atoms with E-state index in [0.29, 0.717) is 5.92 Å². The lowest BCUT2D eigenvalue weighted by Gasteiger charge is -2.31. The van der Waals surface area contributed by atoms with Gasteiger partial charge in [0.2, 0.25) is 0 Å². The molecule has 0 amide bonds. The quantitative estimate of drug-likeness (QED) is 0.375. The molecule has 0 aromatic heterocycles. The van der Waals surface area contributed by atoms with Crippen LogP contribution in [0.4, 0.5) is 4.39 Å². The summed E-state index contributed by atoms with van der Waals surface area (Å²) >= 11 is 0. The maximum atomic E-state index is 14.9. The van der Waals surface area contributed by atoms with Crippen LogP contribution in [0.1, 0.15) is 87.7 Å². The Hall–Kier alpha value is -1.89. The first-order valence-corrected chi connectivity index (χ1v) is 12.6. The molecule has 0 radical (unpaired) electrons. The van der Waals surface area contributed by atoms with E-state index in [4.69, 9.17) is 0 Å². The molecule has 0 heterocycles. The van der Waals surface area contributed by atoms with Gasteiger partial charge in [-0.25, -0.2) is 4.39 Å². The Morgan fingerprint density at radius 1 is 0.839 bits per heavy atom. The number of rotatable bonds is 8. The summed E-state index contributed by atoms with van der Waals surface area (Å²) in [5, 5.41) is 1.82. The van der Waals surface area contributed by atoms with Gasteiger partial charge in [-0.1, -0.05) is 55.3 Å². The Labute approximate surface area is 188 Å². The van der Waals surface area contributed by atoms with Crippen molar-refractivity contribution >= 4 is 10.8 Å². The second kappa shape index (κ2) is 10.6. The monoisotopic (exact) mass is 418 g/mol. The predicted molar refractivity (Wildman–Crippen MR) is 132 cm³/mol. The molecule has 0 nitrogen and oxygen atoms in total. The molecular formula is C30H39F. The smallest absolute Gasteiger partial charge is 0.134 e. The minimum Gasteiger partial charge on any atom is -0.206 e. The van der Waals surface area contributed by atoms with Crippen LogP contribution in [0.5, 0.6) is 0 Å². The number of benzene rings is 2. The van der Waals surface area contributed by atoms with E-state index >= 15 is 0 Å². The summed E-state index contributed by atoms with van der Waals surface area (Å²) in [6, 6.07) is 10.5. The number of fused-ring (bicyclic) bond motifs is 1. The number of aryl methyl sites for hydroxylation is 1. The van der Waals surface area contributed by atoms with Gasteiger partial charge in [-0.15, -0.1) is 13.2 Å². The minimum absolute atomic E-state index is 0.0447. The largest absolute Gasteiger partial charge is 0.206 e.